The van der Waals surface area contributed by atoms with Crippen LogP contribution in [0.25, 0.3) is 0 Å². The Morgan fingerprint density at radius 3 is 2.63 bits per heavy atom. The summed E-state index contributed by atoms with van der Waals surface area (Å²) in [5.74, 6) is -0.0650. The van der Waals surface area contributed by atoms with Gasteiger partial charge < -0.3 is 15.2 Å². The SMILES string of the molecule is CC(C)COCCOCc1ccc(F)cc1C(=N)N. The van der Waals surface area contributed by atoms with Crippen molar-refractivity contribution in [3.8, 4) is 0 Å². The minimum atomic E-state index is -0.408. The van der Waals surface area contributed by atoms with Crippen LogP contribution in [0.1, 0.15) is 25.0 Å². The number of hydrogen-bond donors (Lipinski definition) is 2. The lowest BCUT2D eigenvalue weighted by atomic mass is 10.1. The van der Waals surface area contributed by atoms with Crippen LogP contribution in [-0.4, -0.2) is 25.7 Å². The molecule has 3 N–H and O–H groups in total. The van der Waals surface area contributed by atoms with Crippen LogP contribution in [0.15, 0.2) is 18.2 Å². The number of halogens is 1. The highest BCUT2D eigenvalue weighted by Gasteiger charge is 2.07. The first-order valence-electron chi connectivity index (χ1n) is 6.29. The maximum atomic E-state index is 13.1. The van der Waals surface area contributed by atoms with Crippen LogP contribution in [0.5, 0.6) is 0 Å². The molecule has 0 aliphatic carbocycles. The third kappa shape index (κ3) is 5.81. The number of amidine groups is 1. The number of ether oxygens (including phenoxy) is 2. The largest absolute Gasteiger partial charge is 0.384 e. The molecule has 0 spiro atoms. The zero-order valence-corrected chi connectivity index (χ0v) is 11.4. The van der Waals surface area contributed by atoms with E-state index in [1.807, 2.05) is 0 Å². The molecule has 0 amide bonds. The summed E-state index contributed by atoms with van der Waals surface area (Å²) in [5, 5.41) is 7.40. The van der Waals surface area contributed by atoms with Crippen molar-refractivity contribution in [2.24, 2.45) is 11.7 Å². The van der Waals surface area contributed by atoms with E-state index in [0.717, 1.165) is 0 Å². The van der Waals surface area contributed by atoms with Gasteiger partial charge in [-0.3, -0.25) is 5.41 Å². The average molecular weight is 268 g/mol. The fourth-order valence-corrected chi connectivity index (χ4v) is 1.54. The fraction of sp³-hybridized carbons (Fsp3) is 0.500. The summed E-state index contributed by atoms with van der Waals surface area (Å²) in [6.07, 6.45) is 0. The van der Waals surface area contributed by atoms with Crippen LogP contribution in [0.3, 0.4) is 0 Å². The van der Waals surface area contributed by atoms with Gasteiger partial charge in [-0.2, -0.15) is 0 Å². The Balaban J connectivity index is 2.39. The summed E-state index contributed by atoms with van der Waals surface area (Å²) in [5.41, 5.74) is 6.49. The van der Waals surface area contributed by atoms with Gasteiger partial charge in [0, 0.05) is 12.2 Å². The fourth-order valence-electron chi connectivity index (χ4n) is 1.54. The maximum Gasteiger partial charge on any atom is 0.123 e. The number of rotatable bonds is 8. The maximum absolute atomic E-state index is 13.1. The Kier molecular flexibility index (Phi) is 6.45. The van der Waals surface area contributed by atoms with Crippen LogP contribution < -0.4 is 5.73 Å². The van der Waals surface area contributed by atoms with Crippen molar-refractivity contribution >= 4 is 5.84 Å². The highest BCUT2D eigenvalue weighted by molar-refractivity contribution is 5.96. The lowest BCUT2D eigenvalue weighted by molar-refractivity contribution is 0.0314. The van der Waals surface area contributed by atoms with Gasteiger partial charge in [0.15, 0.2) is 0 Å². The van der Waals surface area contributed by atoms with E-state index in [4.69, 9.17) is 20.6 Å². The van der Waals surface area contributed by atoms with Crippen molar-refractivity contribution in [1.29, 1.82) is 5.41 Å². The lowest BCUT2D eigenvalue weighted by Crippen LogP contribution is -2.15. The summed E-state index contributed by atoms with van der Waals surface area (Å²) >= 11 is 0. The Bertz CT molecular complexity index is 422. The summed E-state index contributed by atoms with van der Waals surface area (Å²) in [6.45, 7) is 6.14. The van der Waals surface area contributed by atoms with Crippen molar-refractivity contribution < 1.29 is 13.9 Å². The van der Waals surface area contributed by atoms with Gasteiger partial charge in [0.1, 0.15) is 11.7 Å². The highest BCUT2D eigenvalue weighted by atomic mass is 19.1. The molecular formula is C14H21FN2O2. The first-order valence-corrected chi connectivity index (χ1v) is 6.29. The third-order valence-corrected chi connectivity index (χ3v) is 2.44. The predicted molar refractivity (Wildman–Crippen MR) is 72.7 cm³/mol. The van der Waals surface area contributed by atoms with E-state index in [0.29, 0.717) is 43.5 Å². The highest BCUT2D eigenvalue weighted by Crippen LogP contribution is 2.12. The van der Waals surface area contributed by atoms with Crippen LogP contribution in [-0.2, 0) is 16.1 Å². The number of benzene rings is 1. The molecule has 0 atom stereocenters. The molecule has 0 bridgehead atoms. The van der Waals surface area contributed by atoms with Crippen molar-refractivity contribution in [1.82, 2.24) is 0 Å². The topological polar surface area (TPSA) is 68.3 Å². The van der Waals surface area contributed by atoms with E-state index in [1.165, 1.54) is 12.1 Å². The quantitative estimate of drug-likeness (QED) is 0.432. The number of nitrogen functional groups attached to an aromatic ring is 1. The standard InChI is InChI=1S/C14H21FN2O2/c1-10(2)8-18-5-6-19-9-11-3-4-12(15)7-13(11)14(16)17/h3-4,7,10H,5-6,8-9H2,1-2H3,(H3,16,17). The minimum Gasteiger partial charge on any atom is -0.384 e. The zero-order valence-electron chi connectivity index (χ0n) is 11.4. The molecule has 4 nitrogen and oxygen atoms in total. The van der Waals surface area contributed by atoms with Crippen LogP contribution >= 0.6 is 0 Å². The first-order chi connectivity index (χ1) is 9.00. The Hall–Kier alpha value is -1.46. The average Bonchev–Trinajstić information content (AvgIpc) is 2.34. The molecule has 0 aromatic heterocycles. The smallest absolute Gasteiger partial charge is 0.123 e. The summed E-state index contributed by atoms with van der Waals surface area (Å²) in [7, 11) is 0. The Morgan fingerprint density at radius 1 is 1.32 bits per heavy atom. The van der Waals surface area contributed by atoms with E-state index in [9.17, 15) is 4.39 Å². The van der Waals surface area contributed by atoms with E-state index in [1.54, 1.807) is 6.07 Å². The van der Waals surface area contributed by atoms with E-state index >= 15 is 0 Å². The van der Waals surface area contributed by atoms with Crippen molar-refractivity contribution in [3.05, 3.63) is 35.1 Å². The molecule has 0 saturated carbocycles. The predicted octanol–water partition coefficient (Wildman–Crippen LogP) is 2.30. The molecule has 0 unspecified atom stereocenters. The molecule has 1 aromatic rings. The summed E-state index contributed by atoms with van der Waals surface area (Å²) in [6, 6.07) is 4.16. The number of nitrogens with one attached hydrogen (secondary N) is 1. The molecule has 106 valence electrons. The van der Waals surface area contributed by atoms with Gasteiger partial charge in [-0.25, -0.2) is 4.39 Å². The molecule has 0 heterocycles. The first kappa shape index (κ1) is 15.6. The molecule has 0 aliphatic heterocycles. The molecule has 0 aliphatic rings. The van der Waals surface area contributed by atoms with E-state index < -0.39 is 5.82 Å². The van der Waals surface area contributed by atoms with Crippen LogP contribution in [0.2, 0.25) is 0 Å². The van der Waals surface area contributed by atoms with Gasteiger partial charge in [-0.1, -0.05) is 19.9 Å². The van der Waals surface area contributed by atoms with Gasteiger partial charge in [0.2, 0.25) is 0 Å². The van der Waals surface area contributed by atoms with Gasteiger partial charge in [0.25, 0.3) is 0 Å². The van der Waals surface area contributed by atoms with Gasteiger partial charge in [0.05, 0.1) is 19.8 Å². The Morgan fingerprint density at radius 2 is 2.00 bits per heavy atom. The van der Waals surface area contributed by atoms with E-state index in [2.05, 4.69) is 13.8 Å². The van der Waals surface area contributed by atoms with Crippen LogP contribution in [0, 0.1) is 17.1 Å². The van der Waals surface area contributed by atoms with Crippen LogP contribution in [0.4, 0.5) is 4.39 Å². The van der Waals surface area contributed by atoms with Crippen molar-refractivity contribution in [2.45, 2.75) is 20.5 Å². The lowest BCUT2D eigenvalue weighted by Gasteiger charge is -2.10. The molecule has 0 radical (unpaired) electrons. The second kappa shape index (κ2) is 7.86. The molecular weight excluding hydrogens is 247 g/mol. The van der Waals surface area contributed by atoms with Crippen molar-refractivity contribution in [2.75, 3.05) is 19.8 Å². The molecule has 5 heteroatoms. The second-order valence-corrected chi connectivity index (χ2v) is 4.74. The molecule has 0 fully saturated rings. The van der Waals surface area contributed by atoms with Gasteiger partial charge in [-0.05, 0) is 23.6 Å². The summed E-state index contributed by atoms with van der Waals surface area (Å²) < 4.78 is 23.9. The molecule has 1 rings (SSSR count). The molecule has 19 heavy (non-hydrogen) atoms. The van der Waals surface area contributed by atoms with Gasteiger partial charge >= 0.3 is 0 Å². The van der Waals surface area contributed by atoms with Gasteiger partial charge in [-0.15, -0.1) is 0 Å². The Labute approximate surface area is 113 Å². The van der Waals surface area contributed by atoms with E-state index in [-0.39, 0.29) is 5.84 Å². The molecule has 1 aromatic carbocycles. The molecule has 0 saturated heterocycles. The number of nitrogens with two attached hydrogens (primary N) is 1. The number of hydrogen-bond acceptors (Lipinski definition) is 3. The zero-order chi connectivity index (χ0) is 14.3. The third-order valence-electron chi connectivity index (χ3n) is 2.44. The minimum absolute atomic E-state index is 0.158. The summed E-state index contributed by atoms with van der Waals surface area (Å²) in [4.78, 5) is 0. The van der Waals surface area contributed by atoms with Crippen molar-refractivity contribution in [3.63, 3.8) is 0 Å². The normalized spacial score (nSPS) is 10.9. The second-order valence-electron chi connectivity index (χ2n) is 4.74. The monoisotopic (exact) mass is 268 g/mol.